The third-order valence-corrected chi connectivity index (χ3v) is 16.4. The van der Waals surface area contributed by atoms with Crippen molar-refractivity contribution < 1.29 is 28.5 Å². The van der Waals surface area contributed by atoms with Crippen LogP contribution in [0, 0.1) is 47.4 Å². The van der Waals surface area contributed by atoms with Gasteiger partial charge in [0.15, 0.2) is 10.3 Å². The number of nitrogens with zero attached hydrogens (tertiary/aromatic N) is 4. The summed E-state index contributed by atoms with van der Waals surface area (Å²) in [5.74, 6) is 20.1. The number of aromatic nitrogens is 2. The molecular formula is C55H64ClN8O6PS4. The number of rotatable bonds is 9. The third kappa shape index (κ3) is 15.5. The number of carbonyl (C=O) groups excluding carboxylic acids is 2. The van der Waals surface area contributed by atoms with Gasteiger partial charge in [0.2, 0.25) is 0 Å². The highest BCUT2D eigenvalue weighted by Gasteiger charge is 2.53. The minimum Gasteiger partial charge on any atom is -0.497 e. The number of carbonyl (C=O) groups is 2. The Hall–Kier alpha value is -5.58. The Kier molecular flexibility index (Phi) is 22.1. The van der Waals surface area contributed by atoms with Crippen LogP contribution in [0.15, 0.2) is 99.6 Å². The molecule has 2 saturated heterocycles. The van der Waals surface area contributed by atoms with Crippen molar-refractivity contribution in [2.45, 2.75) is 83.2 Å². The molecule has 6 heterocycles. The van der Waals surface area contributed by atoms with Crippen molar-refractivity contribution in [2.75, 3.05) is 50.0 Å². The van der Waals surface area contributed by atoms with Gasteiger partial charge in [-0.15, -0.1) is 35.1 Å². The number of halogens is 1. The maximum atomic E-state index is 12.9. The van der Waals surface area contributed by atoms with Crippen molar-refractivity contribution in [2.24, 2.45) is 21.8 Å². The van der Waals surface area contributed by atoms with Crippen LogP contribution in [-0.4, -0.2) is 82.3 Å². The van der Waals surface area contributed by atoms with E-state index in [-0.39, 0.29) is 57.2 Å². The Balaban J connectivity index is 0.000000246. The number of amides is 2. The quantitative estimate of drug-likeness (QED) is 0.0811. The molecule has 20 heteroatoms. The molecule has 5 aromatic rings. The number of hydrogen-bond acceptors (Lipinski definition) is 16. The number of thioether (sulfide) groups is 2. The zero-order valence-corrected chi connectivity index (χ0v) is 48.8. The molecule has 0 aliphatic carbocycles. The predicted molar refractivity (Wildman–Crippen MR) is 316 cm³/mol. The Morgan fingerprint density at radius 2 is 1.20 bits per heavy atom. The highest BCUT2D eigenvalue weighted by molar-refractivity contribution is 8.14. The van der Waals surface area contributed by atoms with Crippen molar-refractivity contribution in [3.8, 4) is 47.0 Å². The fraction of sp³-hybridized carbons (Fsp3) is 0.382. The summed E-state index contributed by atoms with van der Waals surface area (Å²) in [5.41, 5.74) is 6.41. The summed E-state index contributed by atoms with van der Waals surface area (Å²) >= 11 is 6.24. The summed E-state index contributed by atoms with van der Waals surface area (Å²) in [7, 11) is 3.29. The van der Waals surface area contributed by atoms with Crippen molar-refractivity contribution >= 4 is 102 Å². The van der Waals surface area contributed by atoms with Gasteiger partial charge in [-0.3, -0.25) is 9.59 Å². The zero-order chi connectivity index (χ0) is 52.1. The summed E-state index contributed by atoms with van der Waals surface area (Å²) < 4.78 is 23.3. The van der Waals surface area contributed by atoms with Crippen LogP contribution in [0.2, 0.25) is 0 Å². The van der Waals surface area contributed by atoms with Gasteiger partial charge in [-0.1, -0.05) is 71.8 Å². The first-order chi connectivity index (χ1) is 35.1. The standard InChI is InChI=1S/C28H32N4O4S2.C19H22N4O2S2.C8H6.ClH.H3P/c1-27(2)13-20-15-38-26(31-24(33)18-8-6-5-7-9-18)32-28(20,17-36-27)25-30-23(16-37-25)29-14-19-10-11-21(34-3)12-22(19)35-4;1-18(2)8-13-9-27-17(22-15(24)12-6-4-3-5-7-12)23-19(13,11-25-18)16-21-14(20)10-26-16;1-3-5-7-8-6-4-2;;/h5-12,16,20,29H,13-15,17H2,1-4H3,(H,31,32,33);3-7,10,13H,8-9,11,20H2,1-2H3,(H,22,23,24);1-2H3;1H;1H3/t20-,28-;13-,19-;;;/m00.../s1. The molecule has 5 N–H and O–H groups in total. The fourth-order valence-electron chi connectivity index (χ4n) is 8.54. The normalized spacial score (nSPS) is 21.2. The van der Waals surface area contributed by atoms with Gasteiger partial charge < -0.3 is 40.6 Å². The molecule has 14 nitrogen and oxygen atoms in total. The topological polar surface area (TPSA) is 184 Å². The smallest absolute Gasteiger partial charge is 0.257 e. The van der Waals surface area contributed by atoms with E-state index in [1.54, 1.807) is 87.2 Å². The second kappa shape index (κ2) is 27.5. The number of thiazole rings is 2. The predicted octanol–water partition coefficient (Wildman–Crippen LogP) is 10.1. The summed E-state index contributed by atoms with van der Waals surface area (Å²) in [6.45, 7) is 13.3. The molecule has 0 saturated carbocycles. The van der Waals surface area contributed by atoms with Gasteiger partial charge in [-0.2, -0.15) is 9.90 Å². The first-order valence-electron chi connectivity index (χ1n) is 23.5. The lowest BCUT2D eigenvalue weighted by Crippen LogP contribution is -2.53. The van der Waals surface area contributed by atoms with Crippen LogP contribution in [-0.2, 0) is 27.1 Å². The second-order valence-electron chi connectivity index (χ2n) is 18.5. The van der Waals surface area contributed by atoms with Crippen molar-refractivity contribution in [3.05, 3.63) is 116 Å². The number of nitrogens with two attached hydrogens (primary N) is 1. The van der Waals surface area contributed by atoms with Gasteiger partial charge in [0, 0.05) is 63.4 Å². The highest BCUT2D eigenvalue weighted by Crippen LogP contribution is 2.51. The number of methoxy groups -OCH3 is 2. The van der Waals surface area contributed by atoms with E-state index < -0.39 is 11.1 Å². The van der Waals surface area contributed by atoms with Crippen LogP contribution in [0.1, 0.15) is 90.7 Å². The van der Waals surface area contributed by atoms with Crippen LogP contribution >= 0.6 is 68.5 Å². The molecular weight excluding hydrogens is 1060 g/mol. The third-order valence-electron chi connectivity index (χ3n) is 12.3. The molecule has 2 fully saturated rings. The van der Waals surface area contributed by atoms with Crippen LogP contribution in [0.25, 0.3) is 0 Å². The molecule has 2 amide bonds. The van der Waals surface area contributed by atoms with Crippen LogP contribution < -0.4 is 31.2 Å². The van der Waals surface area contributed by atoms with Crippen LogP contribution in [0.3, 0.4) is 0 Å². The number of aliphatic imine (C=N–C) groups is 2. The van der Waals surface area contributed by atoms with Crippen LogP contribution in [0.5, 0.6) is 11.5 Å². The van der Waals surface area contributed by atoms with Gasteiger partial charge in [0.05, 0.1) is 38.6 Å². The molecule has 5 atom stereocenters. The molecule has 4 aliphatic heterocycles. The largest absolute Gasteiger partial charge is 0.497 e. The van der Waals surface area contributed by atoms with Gasteiger partial charge in [0.25, 0.3) is 11.8 Å². The van der Waals surface area contributed by atoms with E-state index in [9.17, 15) is 9.59 Å². The maximum absolute atomic E-state index is 12.9. The van der Waals surface area contributed by atoms with Gasteiger partial charge in [-0.05, 0) is 114 Å². The van der Waals surface area contributed by atoms with Gasteiger partial charge in [-0.25, -0.2) is 20.0 Å². The van der Waals surface area contributed by atoms with Crippen molar-refractivity contribution in [1.29, 1.82) is 0 Å². The molecule has 396 valence electrons. The lowest BCUT2D eigenvalue weighted by molar-refractivity contribution is -0.110. The monoisotopic (exact) mass is 1130 g/mol. The summed E-state index contributed by atoms with van der Waals surface area (Å²) in [6, 6.07) is 24.1. The molecule has 1 unspecified atom stereocenters. The first kappa shape index (κ1) is 60.3. The van der Waals surface area contributed by atoms with E-state index in [4.69, 9.17) is 39.6 Å². The van der Waals surface area contributed by atoms with E-state index in [0.717, 1.165) is 57.2 Å². The molecule has 3 aromatic carbocycles. The Labute approximate surface area is 466 Å². The van der Waals surface area contributed by atoms with Crippen molar-refractivity contribution in [1.82, 2.24) is 20.6 Å². The van der Waals surface area contributed by atoms with Crippen molar-refractivity contribution in [3.63, 3.8) is 0 Å². The fourth-order valence-corrected chi connectivity index (χ4v) is 12.7. The second-order valence-corrected chi connectivity index (χ2v) is 22.2. The van der Waals surface area contributed by atoms with E-state index in [1.807, 2.05) is 65.4 Å². The molecule has 2 aromatic heterocycles. The van der Waals surface area contributed by atoms with Gasteiger partial charge >= 0.3 is 0 Å². The Morgan fingerprint density at radius 3 is 1.65 bits per heavy atom. The number of nitrogens with one attached hydrogen (secondary N) is 3. The Morgan fingerprint density at radius 1 is 0.707 bits per heavy atom. The molecule has 75 heavy (non-hydrogen) atoms. The maximum Gasteiger partial charge on any atom is 0.257 e. The lowest BCUT2D eigenvalue weighted by atomic mass is 9.77. The number of amidine groups is 2. The van der Waals surface area contributed by atoms with Gasteiger partial charge in [0.1, 0.15) is 44.2 Å². The number of fused-ring (bicyclic) bond motifs is 2. The van der Waals surface area contributed by atoms with E-state index in [2.05, 4.69) is 84.2 Å². The molecule has 0 spiro atoms. The summed E-state index contributed by atoms with van der Waals surface area (Å²) in [4.78, 5) is 45.0. The van der Waals surface area contributed by atoms with E-state index >= 15 is 0 Å². The zero-order valence-electron chi connectivity index (χ0n) is 43.3. The summed E-state index contributed by atoms with van der Waals surface area (Å²) in [6.07, 6.45) is 1.73. The molecule has 0 radical (unpaired) electrons. The molecule has 4 aliphatic rings. The minimum atomic E-state index is -0.650. The number of benzene rings is 3. The number of hydrogen-bond donors (Lipinski definition) is 4. The number of ether oxygens (including phenoxy) is 4. The molecule has 9 rings (SSSR count). The first-order valence-corrected chi connectivity index (χ1v) is 27.3. The average molecular weight is 1130 g/mol. The van der Waals surface area contributed by atoms with Crippen LogP contribution in [0.4, 0.5) is 11.6 Å². The molecule has 0 bridgehead atoms. The lowest BCUT2D eigenvalue weighted by Gasteiger charge is -2.48. The number of anilines is 2. The van der Waals surface area contributed by atoms with E-state index in [1.165, 1.54) is 11.3 Å². The SMILES string of the molecule is CC#CC#CC#CC.CC1(C)C[C@H]2CSC(NC(=O)c3ccccc3)=N[C@@]2(c2nc(N)cs2)CO1.COc1ccc(CNc2csc([C@]34COC(C)(C)C[C@H]3CSC(NC(=O)c3ccccc3)=N4)n2)c(OC)c1.Cl.P. The summed E-state index contributed by atoms with van der Waals surface area (Å²) in [5, 5.41) is 16.2. The Bertz CT molecular complexity index is 2990. The minimum absolute atomic E-state index is 0. The van der Waals surface area contributed by atoms with E-state index in [0.29, 0.717) is 47.0 Å². The number of nitrogen functional groups attached to an aromatic ring is 1. The highest BCUT2D eigenvalue weighted by atomic mass is 35.5. The average Bonchev–Trinajstić information content (AvgIpc) is 4.08.